The zero-order valence-electron chi connectivity index (χ0n) is 42.0. The first-order valence-corrected chi connectivity index (χ1v) is 27.6. The average Bonchev–Trinajstić information content (AvgIpc) is 3.71. The quantitative estimate of drug-likeness (QED) is 0.153. The van der Waals surface area contributed by atoms with Gasteiger partial charge >= 0.3 is 0 Å². The van der Waals surface area contributed by atoms with E-state index in [1.807, 2.05) is 0 Å². The molecule has 0 fully saturated rings. The Hall–Kier alpha value is -7.92. The van der Waals surface area contributed by atoms with E-state index in [1.165, 1.54) is 116 Å². The van der Waals surface area contributed by atoms with Gasteiger partial charge in [0.25, 0.3) is 6.71 Å². The second kappa shape index (κ2) is 16.6. The van der Waals surface area contributed by atoms with Crippen molar-refractivity contribution in [1.82, 2.24) is 0 Å². The van der Waals surface area contributed by atoms with E-state index >= 15 is 0 Å². The molecule has 10 aromatic carbocycles. The summed E-state index contributed by atoms with van der Waals surface area (Å²) in [5, 5.41) is 5.67. The third-order valence-corrected chi connectivity index (χ3v) is 20.7. The molecule has 3 heterocycles. The normalized spacial score (nSPS) is 14.0. The minimum atomic E-state index is -2.81. The van der Waals surface area contributed by atoms with Gasteiger partial charge < -0.3 is 9.80 Å². The van der Waals surface area contributed by atoms with Crippen LogP contribution in [0.3, 0.4) is 0 Å². The van der Waals surface area contributed by atoms with Crippen molar-refractivity contribution in [3.63, 3.8) is 0 Å². The summed E-state index contributed by atoms with van der Waals surface area (Å²) >= 11 is 0. The highest BCUT2D eigenvalue weighted by atomic mass is 28.3. The molecule has 0 bridgehead atoms. The molecule has 0 unspecified atom stereocenters. The van der Waals surface area contributed by atoms with Crippen molar-refractivity contribution in [2.24, 2.45) is 0 Å². The average molecular weight is 941 g/mol. The van der Waals surface area contributed by atoms with Crippen LogP contribution in [0.5, 0.6) is 0 Å². The standard InChI is InChI=1S/C68H57BN2Si/c1-67(2,3)48-25-22-26-50(43-48)71-61-44-49(68(4,5)6)37-40-59(61)69-58-34-19-20-35-60(58)70(62-41-47(42-63(71)66(62)69)55-32-17-16-31-54(55)46-23-10-7-11-24-46)51-38-39-57-56-33-18-21-36-64(56)72(65(57)45-51,52-27-12-8-13-28-52)53-29-14-9-15-30-53/h7-45H,1-6H3. The zero-order valence-corrected chi connectivity index (χ0v) is 43.0. The van der Waals surface area contributed by atoms with Gasteiger partial charge in [-0.15, -0.1) is 0 Å². The lowest BCUT2D eigenvalue weighted by Gasteiger charge is -2.45. The van der Waals surface area contributed by atoms with E-state index < -0.39 is 8.07 Å². The molecule has 346 valence electrons. The summed E-state index contributed by atoms with van der Waals surface area (Å²) in [6, 6.07) is 90.3. The number of nitrogens with zero attached hydrogens (tertiary/aromatic N) is 2. The van der Waals surface area contributed by atoms with E-state index in [1.54, 1.807) is 0 Å². The third kappa shape index (κ3) is 6.76. The molecule has 72 heavy (non-hydrogen) atoms. The van der Waals surface area contributed by atoms with Crippen molar-refractivity contribution in [3.05, 3.63) is 248 Å². The van der Waals surface area contributed by atoms with E-state index in [0.717, 1.165) is 0 Å². The topological polar surface area (TPSA) is 6.48 Å². The molecule has 0 saturated carbocycles. The summed E-state index contributed by atoms with van der Waals surface area (Å²) < 4.78 is 0. The molecule has 2 nitrogen and oxygen atoms in total. The highest BCUT2D eigenvalue weighted by molar-refractivity contribution is 7.22. The maximum atomic E-state index is 2.62. The Balaban J connectivity index is 1.14. The fourth-order valence-electron chi connectivity index (χ4n) is 12.4. The summed E-state index contributed by atoms with van der Waals surface area (Å²) in [6.45, 7) is 14.0. The smallest absolute Gasteiger partial charge is 0.252 e. The molecule has 10 aromatic rings. The molecule has 4 heteroatoms. The first-order chi connectivity index (χ1) is 35.0. The number of benzene rings is 10. The monoisotopic (exact) mass is 940 g/mol. The number of anilines is 6. The van der Waals surface area contributed by atoms with Crippen LogP contribution in [-0.2, 0) is 10.8 Å². The minimum absolute atomic E-state index is 0.00674. The van der Waals surface area contributed by atoms with Crippen molar-refractivity contribution in [1.29, 1.82) is 0 Å². The number of hydrogen-bond acceptors (Lipinski definition) is 2. The molecule has 0 saturated heterocycles. The SMILES string of the molecule is CC(C)(C)c1cccc(N2c3cc(C(C)(C)C)ccc3B3c4ccccc4N(c4ccc5c(c4)[Si](c4ccccc4)(c4ccccc4)c4ccccc4-5)c4cc(-c5ccccc5-c5ccccc5)cc2c43)c1. The third-order valence-electron chi connectivity index (χ3n) is 15.8. The molecular weight excluding hydrogens is 884 g/mol. The van der Waals surface area contributed by atoms with E-state index in [9.17, 15) is 0 Å². The molecule has 0 aliphatic carbocycles. The Bertz CT molecular complexity index is 3700. The fraction of sp³-hybridized carbons (Fsp3) is 0.118. The molecule has 0 N–H and O–H groups in total. The van der Waals surface area contributed by atoms with Crippen molar-refractivity contribution in [2.75, 3.05) is 9.80 Å². The largest absolute Gasteiger partial charge is 0.311 e. The van der Waals surface area contributed by atoms with Crippen LogP contribution in [0.1, 0.15) is 52.7 Å². The van der Waals surface area contributed by atoms with Crippen molar-refractivity contribution in [2.45, 2.75) is 52.4 Å². The molecule has 0 radical (unpaired) electrons. The Labute approximate surface area is 427 Å². The number of para-hydroxylation sites is 1. The van der Waals surface area contributed by atoms with Gasteiger partial charge in [-0.1, -0.05) is 230 Å². The lowest BCUT2D eigenvalue weighted by molar-refractivity contribution is 0.590. The minimum Gasteiger partial charge on any atom is -0.311 e. The van der Waals surface area contributed by atoms with Gasteiger partial charge in [-0.2, -0.15) is 0 Å². The van der Waals surface area contributed by atoms with Crippen LogP contribution in [-0.4, -0.2) is 14.8 Å². The fourth-order valence-corrected chi connectivity index (χ4v) is 17.6. The molecule has 0 amide bonds. The van der Waals surface area contributed by atoms with Gasteiger partial charge in [0.05, 0.1) is 0 Å². The summed E-state index contributed by atoms with van der Waals surface area (Å²) in [7, 11) is -2.81. The van der Waals surface area contributed by atoms with Crippen molar-refractivity contribution in [3.8, 4) is 33.4 Å². The second-order valence-electron chi connectivity index (χ2n) is 22.1. The number of hydrogen-bond donors (Lipinski definition) is 0. The number of rotatable bonds is 6. The Morgan fingerprint density at radius 2 is 0.847 bits per heavy atom. The first-order valence-electron chi connectivity index (χ1n) is 25.6. The highest BCUT2D eigenvalue weighted by Crippen LogP contribution is 2.48. The van der Waals surface area contributed by atoms with Crippen LogP contribution in [0.2, 0.25) is 0 Å². The molecule has 13 rings (SSSR count). The first kappa shape index (κ1) is 44.1. The van der Waals surface area contributed by atoms with Crippen molar-refractivity contribution >= 4 is 86.0 Å². The highest BCUT2D eigenvalue weighted by Gasteiger charge is 2.50. The van der Waals surface area contributed by atoms with Crippen LogP contribution in [0.25, 0.3) is 33.4 Å². The molecular formula is C68H57BN2Si. The van der Waals surface area contributed by atoms with Gasteiger partial charge in [0.15, 0.2) is 8.07 Å². The van der Waals surface area contributed by atoms with Crippen molar-refractivity contribution < 1.29 is 0 Å². The lowest BCUT2D eigenvalue weighted by atomic mass is 9.33. The summed E-state index contributed by atoms with van der Waals surface area (Å²) in [6.07, 6.45) is 0. The molecule has 0 spiro atoms. The Kier molecular flexibility index (Phi) is 10.1. The van der Waals surface area contributed by atoms with E-state index in [4.69, 9.17) is 0 Å². The molecule has 3 aliphatic rings. The predicted molar refractivity (Wildman–Crippen MR) is 311 cm³/mol. The van der Waals surface area contributed by atoms with Gasteiger partial charge in [-0.05, 0) is 141 Å². The van der Waals surface area contributed by atoms with Crippen LogP contribution in [0, 0.1) is 0 Å². The van der Waals surface area contributed by atoms with Gasteiger partial charge in [0.1, 0.15) is 0 Å². The van der Waals surface area contributed by atoms with Gasteiger partial charge in [-0.3, -0.25) is 0 Å². The summed E-state index contributed by atoms with van der Waals surface area (Å²) in [5.74, 6) is 0. The molecule has 3 aliphatic heterocycles. The molecule has 0 atom stereocenters. The lowest BCUT2D eigenvalue weighted by Crippen LogP contribution is -2.72. The number of fused-ring (bicyclic) bond motifs is 7. The Morgan fingerprint density at radius 3 is 1.51 bits per heavy atom. The van der Waals surface area contributed by atoms with Gasteiger partial charge in [-0.25, -0.2) is 0 Å². The van der Waals surface area contributed by atoms with Crippen LogP contribution >= 0.6 is 0 Å². The van der Waals surface area contributed by atoms with Crippen LogP contribution in [0.15, 0.2) is 237 Å². The molecule has 0 aromatic heterocycles. The second-order valence-corrected chi connectivity index (χ2v) is 25.8. The maximum absolute atomic E-state index is 2.81. The predicted octanol–water partition coefficient (Wildman–Crippen LogP) is 13.1. The summed E-state index contributed by atoms with van der Waals surface area (Å²) in [4.78, 5) is 5.23. The van der Waals surface area contributed by atoms with Crippen LogP contribution < -0.4 is 46.9 Å². The van der Waals surface area contributed by atoms with Crippen LogP contribution in [0.4, 0.5) is 34.1 Å². The van der Waals surface area contributed by atoms with E-state index in [-0.39, 0.29) is 17.5 Å². The van der Waals surface area contributed by atoms with E-state index in [0.29, 0.717) is 0 Å². The maximum Gasteiger partial charge on any atom is 0.252 e. The zero-order chi connectivity index (χ0) is 48.9. The van der Waals surface area contributed by atoms with E-state index in [2.05, 4.69) is 288 Å². The summed E-state index contributed by atoms with van der Waals surface area (Å²) in [5.41, 5.74) is 21.2. The van der Waals surface area contributed by atoms with Gasteiger partial charge in [0, 0.05) is 34.1 Å². The Morgan fingerprint density at radius 1 is 0.333 bits per heavy atom. The van der Waals surface area contributed by atoms with Gasteiger partial charge in [0.2, 0.25) is 0 Å².